The van der Waals surface area contributed by atoms with Crippen molar-refractivity contribution >= 4 is 0 Å². The van der Waals surface area contributed by atoms with E-state index in [9.17, 15) is 0 Å². The Labute approximate surface area is 120 Å². The lowest BCUT2D eigenvalue weighted by atomic mass is 9.84. The van der Waals surface area contributed by atoms with Crippen molar-refractivity contribution in [1.29, 1.82) is 0 Å². The highest BCUT2D eigenvalue weighted by atomic mass is 15.3. The van der Waals surface area contributed by atoms with Crippen molar-refractivity contribution in [3.63, 3.8) is 0 Å². The van der Waals surface area contributed by atoms with E-state index in [2.05, 4.69) is 37.9 Å². The molecule has 19 heavy (non-hydrogen) atoms. The van der Waals surface area contributed by atoms with E-state index in [0.29, 0.717) is 0 Å². The van der Waals surface area contributed by atoms with Gasteiger partial charge in [-0.2, -0.15) is 0 Å². The van der Waals surface area contributed by atoms with Crippen molar-refractivity contribution in [3.8, 4) is 0 Å². The molecule has 0 bridgehead atoms. The van der Waals surface area contributed by atoms with Crippen LogP contribution < -0.4 is 5.32 Å². The summed E-state index contributed by atoms with van der Waals surface area (Å²) in [4.78, 5) is 2.88. The smallest absolute Gasteiger partial charge is 0.0247 e. The summed E-state index contributed by atoms with van der Waals surface area (Å²) in [6.45, 7) is 12.0. The molecule has 2 heteroatoms. The van der Waals surface area contributed by atoms with Crippen LogP contribution >= 0.6 is 0 Å². The first-order valence-electron chi connectivity index (χ1n) is 8.61. The van der Waals surface area contributed by atoms with Gasteiger partial charge in [-0.1, -0.05) is 34.1 Å². The average Bonchev–Trinajstić information content (AvgIpc) is 2.39. The van der Waals surface area contributed by atoms with Gasteiger partial charge in [0.1, 0.15) is 0 Å². The molecule has 2 unspecified atom stereocenters. The largest absolute Gasteiger partial charge is 0.311 e. The van der Waals surface area contributed by atoms with Crippen LogP contribution in [0, 0.1) is 11.8 Å². The van der Waals surface area contributed by atoms with E-state index in [0.717, 1.165) is 30.0 Å². The summed E-state index contributed by atoms with van der Waals surface area (Å²) >= 11 is 0. The predicted molar refractivity (Wildman–Crippen MR) is 83.5 cm³/mol. The van der Waals surface area contributed by atoms with Crippen LogP contribution in [0.2, 0.25) is 0 Å². The van der Waals surface area contributed by atoms with Crippen molar-refractivity contribution in [2.45, 2.75) is 84.3 Å². The first-order chi connectivity index (χ1) is 9.11. The third kappa shape index (κ3) is 3.95. The van der Waals surface area contributed by atoms with Crippen LogP contribution in [0.15, 0.2) is 0 Å². The van der Waals surface area contributed by atoms with Crippen LogP contribution in [0.25, 0.3) is 0 Å². The zero-order chi connectivity index (χ0) is 13.8. The minimum absolute atomic E-state index is 0.736. The standard InChI is InChI=1S/C17H34N2/c1-5-6-15-12-19(17(11-18-15)13(2)3)16-9-7-14(4)8-10-16/h13-18H,5-12H2,1-4H3. The molecule has 0 radical (unpaired) electrons. The zero-order valence-electron chi connectivity index (χ0n) is 13.5. The Balaban J connectivity index is 1.98. The van der Waals surface area contributed by atoms with Crippen LogP contribution in [0.5, 0.6) is 0 Å². The van der Waals surface area contributed by atoms with Crippen molar-refractivity contribution in [3.05, 3.63) is 0 Å². The van der Waals surface area contributed by atoms with Gasteiger partial charge in [0, 0.05) is 31.2 Å². The van der Waals surface area contributed by atoms with Gasteiger partial charge in [-0.3, -0.25) is 4.90 Å². The summed E-state index contributed by atoms with van der Waals surface area (Å²) in [6.07, 6.45) is 8.40. The predicted octanol–water partition coefficient (Wildman–Crippen LogP) is 3.66. The highest BCUT2D eigenvalue weighted by molar-refractivity contribution is 4.92. The molecule has 0 spiro atoms. The Morgan fingerprint density at radius 1 is 1.16 bits per heavy atom. The van der Waals surface area contributed by atoms with E-state index in [4.69, 9.17) is 0 Å². The Morgan fingerprint density at radius 3 is 2.42 bits per heavy atom. The fourth-order valence-corrected chi connectivity index (χ4v) is 4.01. The first kappa shape index (κ1) is 15.3. The molecule has 1 aliphatic heterocycles. The Morgan fingerprint density at radius 2 is 1.84 bits per heavy atom. The summed E-state index contributed by atoms with van der Waals surface area (Å²) in [6, 6.07) is 2.36. The average molecular weight is 266 g/mol. The van der Waals surface area contributed by atoms with Crippen molar-refractivity contribution < 1.29 is 0 Å². The molecular weight excluding hydrogens is 232 g/mol. The van der Waals surface area contributed by atoms with E-state index in [1.807, 2.05) is 0 Å². The number of nitrogens with zero attached hydrogens (tertiary/aromatic N) is 1. The molecule has 0 aromatic heterocycles. The third-order valence-electron chi connectivity index (χ3n) is 5.33. The molecule has 0 aromatic carbocycles. The van der Waals surface area contributed by atoms with E-state index in [1.54, 1.807) is 0 Å². The fraction of sp³-hybridized carbons (Fsp3) is 1.00. The molecule has 112 valence electrons. The number of hydrogen-bond acceptors (Lipinski definition) is 2. The minimum atomic E-state index is 0.736. The van der Waals surface area contributed by atoms with Crippen molar-refractivity contribution in [2.75, 3.05) is 13.1 Å². The lowest BCUT2D eigenvalue weighted by Crippen LogP contribution is -2.61. The van der Waals surface area contributed by atoms with Crippen LogP contribution in [0.3, 0.4) is 0 Å². The number of nitrogens with one attached hydrogen (secondary N) is 1. The highest BCUT2D eigenvalue weighted by Gasteiger charge is 2.35. The van der Waals surface area contributed by atoms with Gasteiger partial charge in [-0.25, -0.2) is 0 Å². The summed E-state index contributed by atoms with van der Waals surface area (Å²) < 4.78 is 0. The summed E-state index contributed by atoms with van der Waals surface area (Å²) in [5.41, 5.74) is 0. The molecule has 0 aromatic rings. The first-order valence-corrected chi connectivity index (χ1v) is 8.61. The maximum absolute atomic E-state index is 3.79. The number of rotatable bonds is 4. The molecule has 1 saturated heterocycles. The molecule has 2 fully saturated rings. The van der Waals surface area contributed by atoms with E-state index < -0.39 is 0 Å². The zero-order valence-corrected chi connectivity index (χ0v) is 13.5. The van der Waals surface area contributed by atoms with Gasteiger partial charge in [0.15, 0.2) is 0 Å². The second-order valence-corrected chi connectivity index (χ2v) is 7.32. The normalized spacial score (nSPS) is 37.7. The van der Waals surface area contributed by atoms with Crippen LogP contribution in [-0.2, 0) is 0 Å². The number of hydrogen-bond donors (Lipinski definition) is 1. The molecule has 1 aliphatic carbocycles. The second kappa shape index (κ2) is 7.08. The maximum atomic E-state index is 3.79. The molecule has 2 atom stereocenters. The molecule has 2 nitrogen and oxygen atoms in total. The molecule has 0 amide bonds. The number of piperazine rings is 1. The Hall–Kier alpha value is -0.0800. The molecule has 1 N–H and O–H groups in total. The SMILES string of the molecule is CCCC1CN(C2CCC(C)CC2)C(C(C)C)CN1. The summed E-state index contributed by atoms with van der Waals surface area (Å²) in [5, 5.41) is 3.79. The Bertz CT molecular complexity index is 256. The van der Waals surface area contributed by atoms with E-state index >= 15 is 0 Å². The minimum Gasteiger partial charge on any atom is -0.311 e. The maximum Gasteiger partial charge on any atom is 0.0247 e. The third-order valence-corrected chi connectivity index (χ3v) is 5.33. The Kier molecular flexibility index (Phi) is 5.70. The molecule has 1 heterocycles. The molecule has 2 aliphatic rings. The molecule has 1 saturated carbocycles. The molecular formula is C17H34N2. The van der Waals surface area contributed by atoms with Gasteiger partial charge in [0.25, 0.3) is 0 Å². The van der Waals surface area contributed by atoms with E-state index in [1.165, 1.54) is 51.6 Å². The lowest BCUT2D eigenvalue weighted by molar-refractivity contribution is 0.0318. The highest BCUT2D eigenvalue weighted by Crippen LogP contribution is 2.31. The second-order valence-electron chi connectivity index (χ2n) is 7.32. The monoisotopic (exact) mass is 266 g/mol. The van der Waals surface area contributed by atoms with Gasteiger partial charge >= 0.3 is 0 Å². The van der Waals surface area contributed by atoms with Crippen LogP contribution in [0.4, 0.5) is 0 Å². The van der Waals surface area contributed by atoms with E-state index in [-0.39, 0.29) is 0 Å². The molecule has 2 rings (SSSR count). The van der Waals surface area contributed by atoms with Gasteiger partial charge in [0.05, 0.1) is 0 Å². The van der Waals surface area contributed by atoms with Gasteiger partial charge < -0.3 is 5.32 Å². The van der Waals surface area contributed by atoms with Crippen molar-refractivity contribution in [1.82, 2.24) is 10.2 Å². The quantitative estimate of drug-likeness (QED) is 0.835. The van der Waals surface area contributed by atoms with Gasteiger partial charge in [-0.15, -0.1) is 0 Å². The van der Waals surface area contributed by atoms with Gasteiger partial charge in [0.2, 0.25) is 0 Å². The topological polar surface area (TPSA) is 15.3 Å². The lowest BCUT2D eigenvalue weighted by Gasteiger charge is -2.48. The summed E-state index contributed by atoms with van der Waals surface area (Å²) in [5.74, 6) is 1.73. The fourth-order valence-electron chi connectivity index (χ4n) is 4.01. The van der Waals surface area contributed by atoms with Gasteiger partial charge in [-0.05, 0) is 43.9 Å². The van der Waals surface area contributed by atoms with Crippen LogP contribution in [0.1, 0.15) is 66.2 Å². The van der Waals surface area contributed by atoms with Crippen LogP contribution in [-0.4, -0.2) is 36.1 Å². The van der Waals surface area contributed by atoms with Crippen molar-refractivity contribution in [2.24, 2.45) is 11.8 Å². The summed E-state index contributed by atoms with van der Waals surface area (Å²) in [7, 11) is 0.